The van der Waals surface area contributed by atoms with Crippen LogP contribution in [0.4, 0.5) is 8.78 Å². The molecule has 0 aromatic heterocycles. The Labute approximate surface area is 132 Å². The SMILES string of the molecule is FC(F)Oc1ccc(C2=CSC3=N[C@H]4CCCC[C@H]4N23)cc1. The van der Waals surface area contributed by atoms with Crippen molar-refractivity contribution in [1.82, 2.24) is 4.90 Å². The summed E-state index contributed by atoms with van der Waals surface area (Å²) in [5.74, 6) is 0.191. The molecular formula is C16H16F2N2OS. The van der Waals surface area contributed by atoms with E-state index >= 15 is 0 Å². The van der Waals surface area contributed by atoms with Gasteiger partial charge in [-0.15, -0.1) is 0 Å². The van der Waals surface area contributed by atoms with E-state index in [1.165, 1.54) is 25.7 Å². The summed E-state index contributed by atoms with van der Waals surface area (Å²) >= 11 is 1.66. The van der Waals surface area contributed by atoms with Crippen LogP contribution < -0.4 is 4.74 Å². The van der Waals surface area contributed by atoms with Crippen LogP contribution in [-0.4, -0.2) is 28.8 Å². The Morgan fingerprint density at radius 3 is 2.73 bits per heavy atom. The van der Waals surface area contributed by atoms with E-state index in [4.69, 9.17) is 4.99 Å². The number of hydrogen-bond acceptors (Lipinski definition) is 4. The number of thioether (sulfide) groups is 1. The van der Waals surface area contributed by atoms with E-state index in [0.717, 1.165) is 16.4 Å². The number of hydrogen-bond donors (Lipinski definition) is 0. The molecule has 3 aliphatic rings. The van der Waals surface area contributed by atoms with Crippen LogP contribution in [0.3, 0.4) is 0 Å². The molecule has 2 aliphatic heterocycles. The monoisotopic (exact) mass is 322 g/mol. The lowest BCUT2D eigenvalue weighted by Gasteiger charge is -2.32. The molecule has 3 nitrogen and oxygen atoms in total. The minimum absolute atomic E-state index is 0.191. The van der Waals surface area contributed by atoms with Gasteiger partial charge in [0.25, 0.3) is 0 Å². The minimum atomic E-state index is -2.78. The summed E-state index contributed by atoms with van der Waals surface area (Å²) in [5.41, 5.74) is 2.15. The van der Waals surface area contributed by atoms with Crippen LogP contribution in [0.25, 0.3) is 5.70 Å². The molecule has 6 heteroatoms. The van der Waals surface area contributed by atoms with Crippen molar-refractivity contribution in [3.63, 3.8) is 0 Å². The standard InChI is InChI=1S/C16H16F2N2OS/c17-15(18)21-11-7-5-10(6-8-11)14-9-22-16-19-12-3-1-2-4-13(12)20(14)16/h5-9,12-13,15H,1-4H2/t12-,13+/m0/s1. The highest BCUT2D eigenvalue weighted by Crippen LogP contribution is 2.44. The molecule has 1 saturated carbocycles. The van der Waals surface area contributed by atoms with Crippen LogP contribution >= 0.6 is 11.8 Å². The van der Waals surface area contributed by atoms with Gasteiger partial charge in [-0.25, -0.2) is 0 Å². The highest BCUT2D eigenvalue weighted by atomic mass is 32.2. The molecule has 0 N–H and O–H groups in total. The van der Waals surface area contributed by atoms with Crippen LogP contribution in [0.5, 0.6) is 5.75 Å². The van der Waals surface area contributed by atoms with Crippen molar-refractivity contribution in [1.29, 1.82) is 0 Å². The number of benzene rings is 1. The van der Waals surface area contributed by atoms with Crippen LogP contribution in [0.15, 0.2) is 34.7 Å². The summed E-state index contributed by atoms with van der Waals surface area (Å²) in [6.07, 6.45) is 4.84. The van der Waals surface area contributed by atoms with Gasteiger partial charge in [0.05, 0.1) is 17.8 Å². The van der Waals surface area contributed by atoms with Gasteiger partial charge in [-0.1, -0.05) is 24.6 Å². The van der Waals surface area contributed by atoms with Crippen LogP contribution in [0.2, 0.25) is 0 Å². The molecule has 116 valence electrons. The van der Waals surface area contributed by atoms with E-state index in [-0.39, 0.29) is 5.75 Å². The van der Waals surface area contributed by atoms with Crippen LogP contribution in [0, 0.1) is 0 Å². The van der Waals surface area contributed by atoms with Gasteiger partial charge < -0.3 is 9.64 Å². The van der Waals surface area contributed by atoms with Crippen molar-refractivity contribution in [3.8, 4) is 5.75 Å². The average molecular weight is 322 g/mol. The fraction of sp³-hybridized carbons (Fsp3) is 0.438. The Bertz CT molecular complexity index is 630. The van der Waals surface area contributed by atoms with E-state index in [1.807, 2.05) is 12.1 Å². The van der Waals surface area contributed by atoms with Crippen molar-refractivity contribution in [2.45, 2.75) is 44.4 Å². The van der Waals surface area contributed by atoms with Gasteiger partial charge in [-0.2, -0.15) is 8.78 Å². The minimum Gasteiger partial charge on any atom is -0.435 e. The molecule has 0 spiro atoms. The highest BCUT2D eigenvalue weighted by Gasteiger charge is 2.42. The third-order valence-electron chi connectivity index (χ3n) is 4.42. The second kappa shape index (κ2) is 5.57. The molecule has 2 atom stereocenters. The third kappa shape index (κ3) is 2.39. The Morgan fingerprint density at radius 2 is 1.95 bits per heavy atom. The first-order chi connectivity index (χ1) is 10.7. The fourth-order valence-electron chi connectivity index (χ4n) is 3.44. The number of aliphatic imine (C=N–C) groups is 1. The lowest BCUT2D eigenvalue weighted by Crippen LogP contribution is -2.38. The number of ether oxygens (including phenoxy) is 1. The number of amidine groups is 1. The number of rotatable bonds is 3. The number of halogens is 2. The Balaban J connectivity index is 1.57. The molecule has 1 aromatic rings. The zero-order valence-electron chi connectivity index (χ0n) is 11.9. The molecule has 0 unspecified atom stereocenters. The molecule has 1 aromatic carbocycles. The predicted octanol–water partition coefficient (Wildman–Crippen LogP) is 4.32. The molecular weight excluding hydrogens is 306 g/mol. The van der Waals surface area contributed by atoms with Crippen molar-refractivity contribution < 1.29 is 13.5 Å². The third-order valence-corrected chi connectivity index (χ3v) is 5.27. The average Bonchev–Trinajstić information content (AvgIpc) is 3.06. The fourth-order valence-corrected chi connectivity index (χ4v) is 4.45. The smallest absolute Gasteiger partial charge is 0.387 e. The lowest BCUT2D eigenvalue weighted by molar-refractivity contribution is -0.0498. The Hall–Kier alpha value is -1.56. The maximum absolute atomic E-state index is 12.2. The van der Waals surface area contributed by atoms with Crippen molar-refractivity contribution in [2.24, 2.45) is 4.99 Å². The summed E-state index contributed by atoms with van der Waals surface area (Å²) in [6, 6.07) is 7.74. The summed E-state index contributed by atoms with van der Waals surface area (Å²) in [5, 5.41) is 3.19. The van der Waals surface area contributed by atoms with E-state index in [0.29, 0.717) is 12.1 Å². The Morgan fingerprint density at radius 1 is 1.18 bits per heavy atom. The normalized spacial score (nSPS) is 26.6. The topological polar surface area (TPSA) is 24.8 Å². The molecule has 0 amide bonds. The molecule has 22 heavy (non-hydrogen) atoms. The molecule has 0 bridgehead atoms. The Kier molecular flexibility index (Phi) is 3.56. The first-order valence-corrected chi connectivity index (χ1v) is 8.39. The highest BCUT2D eigenvalue weighted by molar-refractivity contribution is 8.16. The van der Waals surface area contributed by atoms with Gasteiger partial charge in [-0.3, -0.25) is 4.99 Å². The van der Waals surface area contributed by atoms with Crippen molar-refractivity contribution >= 4 is 22.6 Å². The number of alkyl halides is 2. The first-order valence-electron chi connectivity index (χ1n) is 7.51. The molecule has 2 heterocycles. The van der Waals surface area contributed by atoms with Crippen molar-refractivity contribution in [3.05, 3.63) is 35.2 Å². The molecule has 1 aliphatic carbocycles. The molecule has 0 saturated heterocycles. The van der Waals surface area contributed by atoms with E-state index in [9.17, 15) is 8.78 Å². The summed E-state index contributed by atoms with van der Waals surface area (Å²) in [7, 11) is 0. The zero-order valence-corrected chi connectivity index (χ0v) is 12.7. The largest absolute Gasteiger partial charge is 0.435 e. The predicted molar refractivity (Wildman–Crippen MR) is 84.0 cm³/mol. The second-order valence-corrected chi connectivity index (χ2v) is 6.56. The van der Waals surface area contributed by atoms with Gasteiger partial charge in [0.1, 0.15) is 5.75 Å². The number of fused-ring (bicyclic) bond motifs is 3. The lowest BCUT2D eigenvalue weighted by atomic mass is 9.90. The van der Waals surface area contributed by atoms with Crippen LogP contribution in [0.1, 0.15) is 31.2 Å². The quantitative estimate of drug-likeness (QED) is 0.829. The first kappa shape index (κ1) is 14.1. The summed E-state index contributed by atoms with van der Waals surface area (Å²) in [4.78, 5) is 7.17. The number of nitrogens with zero attached hydrogens (tertiary/aromatic N) is 2. The summed E-state index contributed by atoms with van der Waals surface area (Å²) in [6.45, 7) is -2.78. The second-order valence-electron chi connectivity index (χ2n) is 5.72. The maximum Gasteiger partial charge on any atom is 0.387 e. The van der Waals surface area contributed by atoms with Gasteiger partial charge in [0.2, 0.25) is 0 Å². The van der Waals surface area contributed by atoms with Gasteiger partial charge in [0.15, 0.2) is 5.17 Å². The molecule has 1 fully saturated rings. The van der Waals surface area contributed by atoms with Crippen molar-refractivity contribution in [2.75, 3.05) is 0 Å². The van der Waals surface area contributed by atoms with E-state index in [1.54, 1.807) is 23.9 Å². The summed E-state index contributed by atoms with van der Waals surface area (Å²) < 4.78 is 28.9. The maximum atomic E-state index is 12.2. The van der Waals surface area contributed by atoms with Gasteiger partial charge >= 0.3 is 6.61 Å². The zero-order chi connectivity index (χ0) is 15.1. The van der Waals surface area contributed by atoms with Gasteiger partial charge in [-0.05, 0) is 42.7 Å². The van der Waals surface area contributed by atoms with Crippen LogP contribution in [-0.2, 0) is 0 Å². The van der Waals surface area contributed by atoms with E-state index in [2.05, 4.69) is 15.0 Å². The molecule has 0 radical (unpaired) electrons. The van der Waals surface area contributed by atoms with E-state index < -0.39 is 6.61 Å². The van der Waals surface area contributed by atoms with Gasteiger partial charge in [0, 0.05) is 5.41 Å². The molecule has 4 rings (SSSR count).